The Balaban J connectivity index is 1.35. The summed E-state index contributed by atoms with van der Waals surface area (Å²) in [6, 6.07) is 1.76. The minimum absolute atomic E-state index is 0.0693. The van der Waals surface area contributed by atoms with Gasteiger partial charge in [0.2, 0.25) is 15.9 Å². The number of sulfonamides is 1. The molecule has 3 aliphatic rings. The quantitative estimate of drug-likeness (QED) is 0.724. The molecule has 2 amide bonds. The average molecular weight is 465 g/mol. The van der Waals surface area contributed by atoms with Gasteiger partial charge in [-0.05, 0) is 63.4 Å². The number of nitrogens with one attached hydrogen (secondary N) is 1. The standard InChI is InChI=1S/C23H36N4O4S/c1-17-5-7-19(8-6-17)24-22(28)18-9-13-27(14-10-18)32(30,31)20-15-21(25(2)16-20)23(29)26-11-3-4-12-26/h15-19H,3-14H2,1-2H3,(H,24,28). The summed E-state index contributed by atoms with van der Waals surface area (Å²) in [6.07, 6.45) is 8.94. The van der Waals surface area contributed by atoms with Crippen LogP contribution in [0.15, 0.2) is 17.2 Å². The number of rotatable bonds is 5. The van der Waals surface area contributed by atoms with Gasteiger partial charge in [-0.2, -0.15) is 4.31 Å². The third-order valence-corrected chi connectivity index (χ3v) is 9.28. The molecule has 0 spiro atoms. The highest BCUT2D eigenvalue weighted by molar-refractivity contribution is 7.89. The van der Waals surface area contributed by atoms with Crippen molar-refractivity contribution in [3.8, 4) is 0 Å². The monoisotopic (exact) mass is 464 g/mol. The van der Waals surface area contributed by atoms with Crippen LogP contribution in [-0.4, -0.2) is 66.2 Å². The molecule has 1 aromatic heterocycles. The van der Waals surface area contributed by atoms with Crippen LogP contribution in [-0.2, 0) is 21.9 Å². The van der Waals surface area contributed by atoms with Crippen LogP contribution in [0.1, 0.15) is 68.8 Å². The van der Waals surface area contributed by atoms with Gasteiger partial charge in [-0.1, -0.05) is 6.92 Å². The SMILES string of the molecule is CC1CCC(NC(=O)C2CCN(S(=O)(=O)c3cc(C(=O)N4CCCC4)n(C)c3)CC2)CC1. The lowest BCUT2D eigenvalue weighted by Gasteiger charge is -2.32. The van der Waals surface area contributed by atoms with Crippen LogP contribution in [0.25, 0.3) is 0 Å². The maximum atomic E-state index is 13.2. The average Bonchev–Trinajstić information content (AvgIpc) is 3.45. The van der Waals surface area contributed by atoms with Crippen LogP contribution in [0.3, 0.4) is 0 Å². The minimum Gasteiger partial charge on any atom is -0.353 e. The zero-order valence-electron chi connectivity index (χ0n) is 19.3. The number of amides is 2. The molecule has 0 unspecified atom stereocenters. The van der Waals surface area contributed by atoms with Crippen molar-refractivity contribution in [2.24, 2.45) is 18.9 Å². The van der Waals surface area contributed by atoms with Crippen molar-refractivity contribution in [3.63, 3.8) is 0 Å². The highest BCUT2D eigenvalue weighted by Crippen LogP contribution is 2.27. The summed E-state index contributed by atoms with van der Waals surface area (Å²) in [4.78, 5) is 27.4. The van der Waals surface area contributed by atoms with Gasteiger partial charge in [0, 0.05) is 51.4 Å². The second-order valence-electron chi connectivity index (χ2n) is 9.82. The Morgan fingerprint density at radius 3 is 2.22 bits per heavy atom. The van der Waals surface area contributed by atoms with Crippen LogP contribution in [0, 0.1) is 11.8 Å². The Bertz CT molecular complexity index is 935. The molecule has 1 aliphatic carbocycles. The summed E-state index contributed by atoms with van der Waals surface area (Å²) in [5.74, 6) is 0.559. The molecule has 0 radical (unpaired) electrons. The van der Waals surface area contributed by atoms with Gasteiger partial charge in [-0.15, -0.1) is 0 Å². The number of hydrogen-bond acceptors (Lipinski definition) is 4. The molecule has 2 aliphatic heterocycles. The molecule has 0 aromatic carbocycles. The maximum Gasteiger partial charge on any atom is 0.270 e. The zero-order valence-corrected chi connectivity index (χ0v) is 20.1. The summed E-state index contributed by atoms with van der Waals surface area (Å²) in [6.45, 7) is 4.36. The van der Waals surface area contributed by atoms with E-state index in [4.69, 9.17) is 0 Å². The van der Waals surface area contributed by atoms with Gasteiger partial charge in [-0.25, -0.2) is 8.42 Å². The summed E-state index contributed by atoms with van der Waals surface area (Å²) in [5.41, 5.74) is 0.404. The van der Waals surface area contributed by atoms with E-state index in [1.165, 1.54) is 16.6 Å². The molecule has 3 heterocycles. The first-order valence-corrected chi connectivity index (χ1v) is 13.5. The summed E-state index contributed by atoms with van der Waals surface area (Å²) < 4.78 is 29.5. The van der Waals surface area contributed by atoms with E-state index in [-0.39, 0.29) is 28.7 Å². The van der Waals surface area contributed by atoms with Crippen molar-refractivity contribution in [3.05, 3.63) is 18.0 Å². The van der Waals surface area contributed by atoms with Crippen LogP contribution in [0.5, 0.6) is 0 Å². The smallest absolute Gasteiger partial charge is 0.270 e. The summed E-state index contributed by atoms with van der Waals surface area (Å²) in [7, 11) is -1.98. The third kappa shape index (κ3) is 4.88. The van der Waals surface area contributed by atoms with Crippen molar-refractivity contribution in [2.75, 3.05) is 26.2 Å². The molecule has 8 nitrogen and oxygen atoms in total. The summed E-state index contributed by atoms with van der Waals surface area (Å²) >= 11 is 0. The number of likely N-dealkylation sites (tertiary alicyclic amines) is 1. The normalized spacial score (nSPS) is 25.8. The fourth-order valence-electron chi connectivity index (χ4n) is 5.20. The van der Waals surface area contributed by atoms with E-state index >= 15 is 0 Å². The number of nitrogens with zero attached hydrogens (tertiary/aromatic N) is 3. The Morgan fingerprint density at radius 1 is 0.969 bits per heavy atom. The van der Waals surface area contributed by atoms with Gasteiger partial charge in [0.05, 0.1) is 0 Å². The number of hydrogen-bond donors (Lipinski definition) is 1. The first-order valence-electron chi connectivity index (χ1n) is 12.0. The van der Waals surface area contributed by atoms with Crippen LogP contribution in [0.4, 0.5) is 0 Å². The lowest BCUT2D eigenvalue weighted by Crippen LogP contribution is -2.46. The Kier molecular flexibility index (Phi) is 6.95. The van der Waals surface area contributed by atoms with E-state index in [0.717, 1.165) is 57.5 Å². The largest absolute Gasteiger partial charge is 0.353 e. The fourth-order valence-corrected chi connectivity index (χ4v) is 6.74. The molecule has 0 bridgehead atoms. The van der Waals surface area contributed by atoms with Crippen molar-refractivity contribution < 1.29 is 18.0 Å². The molecule has 32 heavy (non-hydrogen) atoms. The molecule has 4 rings (SSSR count). The Morgan fingerprint density at radius 2 is 1.59 bits per heavy atom. The first kappa shape index (κ1) is 23.3. The van der Waals surface area contributed by atoms with E-state index in [9.17, 15) is 18.0 Å². The van der Waals surface area contributed by atoms with Crippen LogP contribution >= 0.6 is 0 Å². The van der Waals surface area contributed by atoms with Gasteiger partial charge in [-0.3, -0.25) is 9.59 Å². The summed E-state index contributed by atoms with van der Waals surface area (Å²) in [5, 5.41) is 3.19. The lowest BCUT2D eigenvalue weighted by molar-refractivity contribution is -0.127. The number of piperidine rings is 1. The molecule has 9 heteroatoms. The first-order chi connectivity index (χ1) is 15.3. The van der Waals surface area contributed by atoms with Crippen molar-refractivity contribution in [1.82, 2.24) is 19.1 Å². The number of carbonyl (C=O) groups is 2. The third-order valence-electron chi connectivity index (χ3n) is 7.42. The zero-order chi connectivity index (χ0) is 22.9. The Labute approximate surface area is 191 Å². The van der Waals surface area contributed by atoms with E-state index in [1.807, 2.05) is 0 Å². The van der Waals surface area contributed by atoms with E-state index in [2.05, 4.69) is 12.2 Å². The lowest BCUT2D eigenvalue weighted by atomic mass is 9.87. The van der Waals surface area contributed by atoms with Gasteiger partial charge in [0.15, 0.2) is 0 Å². The molecule has 3 fully saturated rings. The van der Waals surface area contributed by atoms with Gasteiger partial charge < -0.3 is 14.8 Å². The van der Waals surface area contributed by atoms with Crippen molar-refractivity contribution >= 4 is 21.8 Å². The van der Waals surface area contributed by atoms with Crippen LogP contribution in [0.2, 0.25) is 0 Å². The molecular formula is C23H36N4O4S. The van der Waals surface area contributed by atoms with Gasteiger partial charge in [0.1, 0.15) is 10.6 Å². The second-order valence-corrected chi connectivity index (χ2v) is 11.8. The molecule has 2 saturated heterocycles. The van der Waals surface area contributed by atoms with Gasteiger partial charge in [0.25, 0.3) is 5.91 Å². The minimum atomic E-state index is -3.69. The number of aromatic nitrogens is 1. The number of aryl methyl sites for hydroxylation is 1. The molecule has 1 saturated carbocycles. The van der Waals surface area contributed by atoms with E-state index in [0.29, 0.717) is 31.6 Å². The van der Waals surface area contributed by atoms with Gasteiger partial charge >= 0.3 is 0 Å². The molecule has 0 atom stereocenters. The highest BCUT2D eigenvalue weighted by Gasteiger charge is 2.34. The fraction of sp³-hybridized carbons (Fsp3) is 0.739. The molecule has 178 valence electrons. The number of carbonyl (C=O) groups excluding carboxylic acids is 2. The van der Waals surface area contributed by atoms with E-state index < -0.39 is 10.0 Å². The highest BCUT2D eigenvalue weighted by atomic mass is 32.2. The van der Waals surface area contributed by atoms with E-state index in [1.54, 1.807) is 16.5 Å². The Hall–Kier alpha value is -1.87. The van der Waals surface area contributed by atoms with Crippen molar-refractivity contribution in [2.45, 2.75) is 69.2 Å². The molecule has 1 aromatic rings. The second kappa shape index (κ2) is 9.55. The maximum absolute atomic E-state index is 13.2. The van der Waals surface area contributed by atoms with Crippen LogP contribution < -0.4 is 5.32 Å². The van der Waals surface area contributed by atoms with Crippen molar-refractivity contribution in [1.29, 1.82) is 0 Å². The molecule has 1 N–H and O–H groups in total. The molecular weight excluding hydrogens is 428 g/mol. The predicted molar refractivity (Wildman–Crippen MR) is 122 cm³/mol. The topological polar surface area (TPSA) is 91.7 Å². The predicted octanol–water partition coefficient (Wildman–Crippen LogP) is 2.36.